The summed E-state index contributed by atoms with van der Waals surface area (Å²) in [7, 11) is 3.52. The number of nitrogens with zero attached hydrogens (tertiary/aromatic N) is 1. The van der Waals surface area contributed by atoms with Crippen LogP contribution in [0.25, 0.3) is 0 Å². The lowest BCUT2D eigenvalue weighted by molar-refractivity contribution is 0.0720. The van der Waals surface area contributed by atoms with Gasteiger partial charge < -0.3 is 14.8 Å². The molecule has 4 nitrogen and oxygen atoms in total. The zero-order chi connectivity index (χ0) is 11.8. The molecule has 1 aliphatic heterocycles. The van der Waals surface area contributed by atoms with Gasteiger partial charge in [0, 0.05) is 39.9 Å². The van der Waals surface area contributed by atoms with Gasteiger partial charge in [-0.05, 0) is 26.3 Å². The molecule has 0 aliphatic carbocycles. The Bertz CT molecular complexity index is 178. The summed E-state index contributed by atoms with van der Waals surface area (Å²) >= 11 is 0. The Hall–Kier alpha value is -0.160. The van der Waals surface area contributed by atoms with Gasteiger partial charge in [-0.25, -0.2) is 0 Å². The second-order valence-electron chi connectivity index (χ2n) is 4.53. The van der Waals surface area contributed by atoms with Gasteiger partial charge in [-0.1, -0.05) is 0 Å². The first kappa shape index (κ1) is 13.9. The summed E-state index contributed by atoms with van der Waals surface area (Å²) in [5, 5.41) is 3.44. The molecule has 0 amide bonds. The zero-order valence-corrected chi connectivity index (χ0v) is 10.9. The van der Waals surface area contributed by atoms with E-state index in [4.69, 9.17) is 9.47 Å². The Morgan fingerprint density at radius 3 is 2.94 bits per heavy atom. The van der Waals surface area contributed by atoms with Crippen LogP contribution in [-0.2, 0) is 9.47 Å². The summed E-state index contributed by atoms with van der Waals surface area (Å²) in [6.07, 6.45) is 2.95. The normalized spacial score (nSPS) is 23.8. The van der Waals surface area contributed by atoms with Crippen molar-refractivity contribution in [1.82, 2.24) is 10.2 Å². The van der Waals surface area contributed by atoms with Crippen LogP contribution < -0.4 is 5.32 Å². The van der Waals surface area contributed by atoms with Crippen LogP contribution in [0.3, 0.4) is 0 Å². The highest BCUT2D eigenvalue weighted by atomic mass is 16.5. The standard InChI is InChI=1S/C12H26N2O2/c1-11(16-3)10-14-7-4-5-12(14)9-13-6-8-15-2/h11-13H,4-10H2,1-3H3. The van der Waals surface area contributed by atoms with Crippen molar-refractivity contribution in [3.8, 4) is 0 Å². The fourth-order valence-electron chi connectivity index (χ4n) is 2.21. The molecule has 0 aromatic rings. The van der Waals surface area contributed by atoms with Crippen LogP contribution in [-0.4, -0.2) is 64.1 Å². The average molecular weight is 230 g/mol. The van der Waals surface area contributed by atoms with Crippen LogP contribution in [0.4, 0.5) is 0 Å². The van der Waals surface area contributed by atoms with Gasteiger partial charge in [0.2, 0.25) is 0 Å². The highest BCUT2D eigenvalue weighted by Gasteiger charge is 2.24. The molecule has 1 fully saturated rings. The maximum Gasteiger partial charge on any atom is 0.0670 e. The summed E-state index contributed by atoms with van der Waals surface area (Å²) in [5.41, 5.74) is 0. The molecule has 1 aliphatic rings. The maximum atomic E-state index is 5.32. The van der Waals surface area contributed by atoms with Crippen LogP contribution in [0.2, 0.25) is 0 Å². The van der Waals surface area contributed by atoms with Crippen LogP contribution in [0.5, 0.6) is 0 Å². The number of hydrogen-bond donors (Lipinski definition) is 1. The van der Waals surface area contributed by atoms with Crippen molar-refractivity contribution in [3.63, 3.8) is 0 Å². The van der Waals surface area contributed by atoms with Gasteiger partial charge in [-0.15, -0.1) is 0 Å². The fraction of sp³-hybridized carbons (Fsp3) is 1.00. The minimum Gasteiger partial charge on any atom is -0.383 e. The molecule has 0 spiro atoms. The van der Waals surface area contributed by atoms with E-state index in [1.807, 2.05) is 0 Å². The second-order valence-corrected chi connectivity index (χ2v) is 4.53. The monoisotopic (exact) mass is 230 g/mol. The van der Waals surface area contributed by atoms with Crippen molar-refractivity contribution in [2.45, 2.75) is 31.9 Å². The molecule has 96 valence electrons. The van der Waals surface area contributed by atoms with Crippen molar-refractivity contribution in [3.05, 3.63) is 0 Å². The third kappa shape index (κ3) is 4.78. The van der Waals surface area contributed by atoms with Gasteiger partial charge in [0.25, 0.3) is 0 Å². The first-order valence-corrected chi connectivity index (χ1v) is 6.24. The van der Waals surface area contributed by atoms with Crippen LogP contribution in [0.1, 0.15) is 19.8 Å². The third-order valence-electron chi connectivity index (χ3n) is 3.26. The molecule has 0 aromatic heterocycles. The van der Waals surface area contributed by atoms with E-state index in [9.17, 15) is 0 Å². The van der Waals surface area contributed by atoms with Gasteiger partial charge in [-0.2, -0.15) is 0 Å². The highest BCUT2D eigenvalue weighted by molar-refractivity contribution is 4.82. The van der Waals surface area contributed by atoms with Gasteiger partial charge in [-0.3, -0.25) is 4.90 Å². The van der Waals surface area contributed by atoms with Gasteiger partial charge in [0.15, 0.2) is 0 Å². The Labute approximate surface area is 99.3 Å². The SMILES string of the molecule is COCCNCC1CCCN1CC(C)OC. The van der Waals surface area contributed by atoms with Crippen LogP contribution in [0.15, 0.2) is 0 Å². The van der Waals surface area contributed by atoms with Crippen molar-refractivity contribution >= 4 is 0 Å². The molecule has 1 saturated heterocycles. The fourth-order valence-corrected chi connectivity index (χ4v) is 2.21. The molecule has 1 heterocycles. The summed E-state index contributed by atoms with van der Waals surface area (Å²) in [5.74, 6) is 0. The molecule has 4 heteroatoms. The number of hydrogen-bond acceptors (Lipinski definition) is 4. The summed E-state index contributed by atoms with van der Waals surface area (Å²) < 4.78 is 10.3. The van der Waals surface area contributed by atoms with Crippen molar-refractivity contribution in [1.29, 1.82) is 0 Å². The van der Waals surface area contributed by atoms with E-state index < -0.39 is 0 Å². The molecule has 2 atom stereocenters. The first-order chi connectivity index (χ1) is 7.77. The van der Waals surface area contributed by atoms with Crippen molar-refractivity contribution < 1.29 is 9.47 Å². The molecule has 0 aromatic carbocycles. The molecule has 0 saturated carbocycles. The van der Waals surface area contributed by atoms with Crippen molar-refractivity contribution in [2.24, 2.45) is 0 Å². The summed E-state index contributed by atoms with van der Waals surface area (Å²) in [4.78, 5) is 2.54. The van der Waals surface area contributed by atoms with E-state index in [1.54, 1.807) is 14.2 Å². The predicted octanol–water partition coefficient (Wildman–Crippen LogP) is 0.722. The molecular weight excluding hydrogens is 204 g/mol. The minimum absolute atomic E-state index is 0.333. The molecule has 0 bridgehead atoms. The van der Waals surface area contributed by atoms with Crippen LogP contribution in [0, 0.1) is 0 Å². The lowest BCUT2D eigenvalue weighted by atomic mass is 10.2. The van der Waals surface area contributed by atoms with E-state index >= 15 is 0 Å². The molecular formula is C12H26N2O2. The van der Waals surface area contributed by atoms with Crippen molar-refractivity contribution in [2.75, 3.05) is 47.0 Å². The number of likely N-dealkylation sites (tertiary alicyclic amines) is 1. The quantitative estimate of drug-likeness (QED) is 0.623. The average Bonchev–Trinajstić information content (AvgIpc) is 2.72. The Balaban J connectivity index is 2.18. The van der Waals surface area contributed by atoms with Gasteiger partial charge in [0.1, 0.15) is 0 Å². The largest absolute Gasteiger partial charge is 0.383 e. The number of ether oxygens (including phenoxy) is 2. The lowest BCUT2D eigenvalue weighted by Gasteiger charge is -2.27. The maximum absolute atomic E-state index is 5.32. The van der Waals surface area contributed by atoms with Crippen LogP contribution >= 0.6 is 0 Å². The molecule has 1 rings (SSSR count). The van der Waals surface area contributed by atoms with E-state index in [0.717, 1.165) is 26.2 Å². The topological polar surface area (TPSA) is 33.7 Å². The Morgan fingerprint density at radius 2 is 2.25 bits per heavy atom. The number of rotatable bonds is 8. The third-order valence-corrected chi connectivity index (χ3v) is 3.26. The summed E-state index contributed by atoms with van der Waals surface area (Å²) in [6.45, 7) is 7.20. The number of methoxy groups -OCH3 is 2. The first-order valence-electron chi connectivity index (χ1n) is 6.24. The lowest BCUT2D eigenvalue weighted by Crippen LogP contribution is -2.42. The van der Waals surface area contributed by atoms with E-state index in [-0.39, 0.29) is 0 Å². The van der Waals surface area contributed by atoms with E-state index in [2.05, 4.69) is 17.1 Å². The Kier molecular flexibility index (Phi) is 6.96. The highest BCUT2D eigenvalue weighted by Crippen LogP contribution is 2.17. The van der Waals surface area contributed by atoms with Gasteiger partial charge >= 0.3 is 0 Å². The molecule has 0 radical (unpaired) electrons. The van der Waals surface area contributed by atoms with Gasteiger partial charge in [0.05, 0.1) is 12.7 Å². The number of nitrogens with one attached hydrogen (secondary N) is 1. The summed E-state index contributed by atoms with van der Waals surface area (Å²) in [6, 6.07) is 0.675. The minimum atomic E-state index is 0.333. The molecule has 1 N–H and O–H groups in total. The second kappa shape index (κ2) is 8.01. The molecule has 16 heavy (non-hydrogen) atoms. The molecule has 2 unspecified atom stereocenters. The smallest absolute Gasteiger partial charge is 0.0670 e. The zero-order valence-electron chi connectivity index (χ0n) is 10.9. The predicted molar refractivity (Wildman–Crippen MR) is 65.8 cm³/mol. The van der Waals surface area contributed by atoms with E-state index in [1.165, 1.54) is 19.4 Å². The van der Waals surface area contributed by atoms with E-state index in [0.29, 0.717) is 12.1 Å². The Morgan fingerprint density at radius 1 is 1.44 bits per heavy atom.